The summed E-state index contributed by atoms with van der Waals surface area (Å²) in [4.78, 5) is 10.5. The Morgan fingerprint density at radius 3 is 3.04 bits per heavy atom. The molecule has 1 aromatic heterocycles. The predicted octanol–water partition coefficient (Wildman–Crippen LogP) is 3.43. The molecule has 1 saturated heterocycles. The summed E-state index contributed by atoms with van der Waals surface area (Å²) in [5, 5.41) is 0. The minimum atomic E-state index is 0.202. The largest absolute Gasteiger partial charge is 0.489 e. The molecular weight excluding hydrogens is 358 g/mol. The maximum atomic E-state index is 6.05. The van der Waals surface area contributed by atoms with E-state index >= 15 is 0 Å². The van der Waals surface area contributed by atoms with Crippen LogP contribution >= 0.6 is 15.9 Å². The van der Waals surface area contributed by atoms with Crippen LogP contribution in [-0.4, -0.2) is 36.3 Å². The highest BCUT2D eigenvalue weighted by atomic mass is 79.9. The van der Waals surface area contributed by atoms with Crippen molar-refractivity contribution < 1.29 is 9.47 Å². The van der Waals surface area contributed by atoms with Crippen molar-refractivity contribution in [1.29, 1.82) is 0 Å². The summed E-state index contributed by atoms with van der Waals surface area (Å²) >= 11 is 3.59. The first-order valence-electron chi connectivity index (χ1n) is 7.73. The third kappa shape index (κ3) is 4.20. The molecule has 0 saturated carbocycles. The number of benzene rings is 1. The van der Waals surface area contributed by atoms with Gasteiger partial charge in [-0.2, -0.15) is 0 Å². The molecule has 0 radical (unpaired) electrons. The third-order valence-electron chi connectivity index (χ3n) is 3.83. The van der Waals surface area contributed by atoms with E-state index in [0.717, 1.165) is 41.1 Å². The Morgan fingerprint density at radius 2 is 2.30 bits per heavy atom. The summed E-state index contributed by atoms with van der Waals surface area (Å²) in [6.07, 6.45) is 7.51. The van der Waals surface area contributed by atoms with Gasteiger partial charge in [-0.3, -0.25) is 4.98 Å². The van der Waals surface area contributed by atoms with Gasteiger partial charge in [-0.05, 0) is 34.8 Å². The van der Waals surface area contributed by atoms with Gasteiger partial charge >= 0.3 is 0 Å². The van der Waals surface area contributed by atoms with Crippen LogP contribution in [0.2, 0.25) is 0 Å². The van der Waals surface area contributed by atoms with Crippen LogP contribution in [-0.2, 0) is 11.3 Å². The van der Waals surface area contributed by atoms with Gasteiger partial charge in [0.25, 0.3) is 0 Å². The van der Waals surface area contributed by atoms with Crippen LogP contribution < -0.4 is 9.64 Å². The van der Waals surface area contributed by atoms with E-state index < -0.39 is 0 Å². The number of halogens is 1. The predicted molar refractivity (Wildman–Crippen MR) is 92.8 cm³/mol. The average Bonchev–Trinajstić information content (AvgIpc) is 3.08. The van der Waals surface area contributed by atoms with Crippen molar-refractivity contribution in [2.24, 2.45) is 0 Å². The van der Waals surface area contributed by atoms with Gasteiger partial charge in [-0.1, -0.05) is 12.1 Å². The third-order valence-corrected chi connectivity index (χ3v) is 4.46. The van der Waals surface area contributed by atoms with Gasteiger partial charge in [-0.15, -0.1) is 0 Å². The van der Waals surface area contributed by atoms with E-state index in [1.165, 1.54) is 0 Å². The lowest BCUT2D eigenvalue weighted by Gasteiger charge is -2.21. The molecule has 122 valence electrons. The van der Waals surface area contributed by atoms with Gasteiger partial charge in [0.1, 0.15) is 18.2 Å². The lowest BCUT2D eigenvalue weighted by molar-refractivity contribution is 0.0673. The lowest BCUT2D eigenvalue weighted by Crippen LogP contribution is -2.20. The van der Waals surface area contributed by atoms with Gasteiger partial charge in [0.15, 0.2) is 0 Å². The number of para-hydroxylation sites is 1. The first-order chi connectivity index (χ1) is 11.2. The number of rotatable bonds is 6. The molecule has 0 spiro atoms. The van der Waals surface area contributed by atoms with Crippen LogP contribution in [0.3, 0.4) is 0 Å². The second-order valence-electron chi connectivity index (χ2n) is 5.59. The molecule has 6 heteroatoms. The molecule has 0 amide bonds. The Kier molecular flexibility index (Phi) is 5.46. The molecule has 1 atom stereocenters. The molecule has 5 nitrogen and oxygen atoms in total. The van der Waals surface area contributed by atoms with Gasteiger partial charge in [-0.25, -0.2) is 4.98 Å². The second kappa shape index (κ2) is 7.75. The highest BCUT2D eigenvalue weighted by Crippen LogP contribution is 2.31. The summed E-state index contributed by atoms with van der Waals surface area (Å²) in [5.74, 6) is 1.70. The smallest absolute Gasteiger partial charge is 0.147 e. The average molecular weight is 378 g/mol. The number of hydrogen-bond acceptors (Lipinski definition) is 5. The summed E-state index contributed by atoms with van der Waals surface area (Å²) in [6, 6.07) is 6.09. The van der Waals surface area contributed by atoms with Crippen molar-refractivity contribution >= 4 is 21.7 Å². The Balaban J connectivity index is 1.72. The molecule has 1 fully saturated rings. The minimum Gasteiger partial charge on any atom is -0.489 e. The van der Waals surface area contributed by atoms with E-state index in [0.29, 0.717) is 13.2 Å². The van der Waals surface area contributed by atoms with E-state index in [-0.39, 0.29) is 6.10 Å². The van der Waals surface area contributed by atoms with Gasteiger partial charge < -0.3 is 14.4 Å². The maximum absolute atomic E-state index is 6.05. The van der Waals surface area contributed by atoms with Gasteiger partial charge in [0.05, 0.1) is 16.8 Å². The molecule has 0 aliphatic carbocycles. The minimum absolute atomic E-state index is 0.202. The van der Waals surface area contributed by atoms with E-state index in [1.807, 2.05) is 24.1 Å². The van der Waals surface area contributed by atoms with Crippen LogP contribution in [0.4, 0.5) is 5.82 Å². The Hall–Kier alpha value is -1.66. The van der Waals surface area contributed by atoms with Crippen LogP contribution in [0.1, 0.15) is 18.4 Å². The highest BCUT2D eigenvalue weighted by Gasteiger charge is 2.18. The normalized spacial score (nSPS) is 17.2. The zero-order valence-corrected chi connectivity index (χ0v) is 14.7. The van der Waals surface area contributed by atoms with Gasteiger partial charge in [0.2, 0.25) is 0 Å². The van der Waals surface area contributed by atoms with Crippen LogP contribution in [0.15, 0.2) is 41.3 Å². The van der Waals surface area contributed by atoms with Crippen molar-refractivity contribution in [3.63, 3.8) is 0 Å². The highest BCUT2D eigenvalue weighted by molar-refractivity contribution is 9.10. The molecule has 2 heterocycles. The fourth-order valence-corrected chi connectivity index (χ4v) is 3.14. The molecule has 1 aliphatic heterocycles. The summed E-state index contributed by atoms with van der Waals surface area (Å²) in [5.41, 5.74) is 1.10. The second-order valence-corrected chi connectivity index (χ2v) is 6.45. The van der Waals surface area contributed by atoms with E-state index in [4.69, 9.17) is 9.47 Å². The van der Waals surface area contributed by atoms with Crippen LogP contribution in [0.5, 0.6) is 5.75 Å². The number of anilines is 1. The van der Waals surface area contributed by atoms with E-state index in [2.05, 4.69) is 32.0 Å². The number of hydrogen-bond donors (Lipinski definition) is 0. The maximum Gasteiger partial charge on any atom is 0.147 e. The number of nitrogens with zero attached hydrogens (tertiary/aromatic N) is 3. The van der Waals surface area contributed by atoms with Crippen LogP contribution in [0.25, 0.3) is 0 Å². The molecule has 1 aliphatic rings. The van der Waals surface area contributed by atoms with Crippen molar-refractivity contribution in [1.82, 2.24) is 9.97 Å². The zero-order valence-electron chi connectivity index (χ0n) is 13.1. The SMILES string of the molecule is CN(Cc1cccc(Br)c1OCC1CCCO1)c1cnccn1. The molecule has 0 N–H and O–H groups in total. The van der Waals surface area contributed by atoms with Crippen molar-refractivity contribution in [3.05, 3.63) is 46.8 Å². The molecule has 3 rings (SSSR count). The summed E-state index contributed by atoms with van der Waals surface area (Å²) in [7, 11) is 1.99. The first kappa shape index (κ1) is 16.2. The van der Waals surface area contributed by atoms with Crippen molar-refractivity contribution in [2.45, 2.75) is 25.5 Å². The molecule has 0 bridgehead atoms. The number of aromatic nitrogens is 2. The fraction of sp³-hybridized carbons (Fsp3) is 0.412. The molecular formula is C17H20BrN3O2. The standard InChI is InChI=1S/C17H20BrN3O2/c1-21(16-10-19-7-8-20-16)11-13-4-2-6-15(18)17(13)23-12-14-5-3-9-22-14/h2,4,6-8,10,14H,3,5,9,11-12H2,1H3. The molecule has 1 aromatic carbocycles. The lowest BCUT2D eigenvalue weighted by atomic mass is 10.2. The molecule has 2 aromatic rings. The van der Waals surface area contributed by atoms with Gasteiger partial charge in [0, 0.05) is 38.2 Å². The fourth-order valence-electron chi connectivity index (χ4n) is 2.62. The van der Waals surface area contributed by atoms with Crippen molar-refractivity contribution in [2.75, 3.05) is 25.2 Å². The first-order valence-corrected chi connectivity index (χ1v) is 8.52. The quantitative estimate of drug-likeness (QED) is 0.771. The van der Waals surface area contributed by atoms with Crippen molar-refractivity contribution in [3.8, 4) is 5.75 Å². The topological polar surface area (TPSA) is 47.5 Å². The molecule has 1 unspecified atom stereocenters. The van der Waals surface area contributed by atoms with E-state index in [9.17, 15) is 0 Å². The monoisotopic (exact) mass is 377 g/mol. The Bertz CT molecular complexity index is 633. The zero-order chi connectivity index (χ0) is 16.1. The molecule has 23 heavy (non-hydrogen) atoms. The van der Waals surface area contributed by atoms with E-state index in [1.54, 1.807) is 18.6 Å². The Morgan fingerprint density at radius 1 is 1.39 bits per heavy atom. The number of ether oxygens (including phenoxy) is 2. The Labute approximate surface area is 144 Å². The van der Waals surface area contributed by atoms with Crippen LogP contribution in [0, 0.1) is 0 Å². The summed E-state index contributed by atoms with van der Waals surface area (Å²) in [6.45, 7) is 2.12. The summed E-state index contributed by atoms with van der Waals surface area (Å²) < 4.78 is 12.6.